The van der Waals surface area contributed by atoms with Gasteiger partial charge in [0, 0.05) is 35.8 Å². The Kier molecular flexibility index (Phi) is 4.18. The van der Waals surface area contributed by atoms with E-state index in [-0.39, 0.29) is 0 Å². The van der Waals surface area contributed by atoms with Crippen molar-refractivity contribution in [2.45, 2.75) is 39.6 Å². The van der Waals surface area contributed by atoms with Crippen LogP contribution in [0.15, 0.2) is 36.5 Å². The van der Waals surface area contributed by atoms with Crippen molar-refractivity contribution in [3.8, 4) is 11.8 Å². The summed E-state index contributed by atoms with van der Waals surface area (Å²) in [6.07, 6.45) is 1.89. The van der Waals surface area contributed by atoms with E-state index in [1.807, 2.05) is 62.2 Å². The van der Waals surface area contributed by atoms with Gasteiger partial charge in [0.2, 0.25) is 0 Å². The first-order valence-corrected chi connectivity index (χ1v) is 9.19. The molecular weight excluding hydrogens is 338 g/mol. The molecule has 2 N–H and O–H groups in total. The Morgan fingerprint density at radius 2 is 2.04 bits per heavy atom. The summed E-state index contributed by atoms with van der Waals surface area (Å²) in [7, 11) is 0. The van der Waals surface area contributed by atoms with Gasteiger partial charge < -0.3 is 14.8 Å². The number of hydrogen-bond acceptors (Lipinski definition) is 4. The topological polar surface area (TPSA) is 72.3 Å². The summed E-state index contributed by atoms with van der Waals surface area (Å²) in [5.74, 6) is 0.709. The second kappa shape index (κ2) is 6.41. The summed E-state index contributed by atoms with van der Waals surface area (Å²) >= 11 is 0. The molecule has 2 aromatic carbocycles. The molecule has 2 heterocycles. The second-order valence-electron chi connectivity index (χ2n) is 7.24. The zero-order valence-electron chi connectivity index (χ0n) is 15.8. The van der Waals surface area contributed by atoms with Gasteiger partial charge >= 0.3 is 0 Å². The number of benzene rings is 2. The standard InChI is InChI=1S/C22H23N3O2/c1-4-27-19-9-14(2)21-18(7-8-24-21)20(19)22(3,26)25-12-16-6-5-15(11-23)10-17(16)13-25/h5-10,24,26H,4,12-13H2,1-3H3. The van der Waals surface area contributed by atoms with E-state index in [1.54, 1.807) is 0 Å². The van der Waals surface area contributed by atoms with Gasteiger partial charge in [-0.1, -0.05) is 6.07 Å². The van der Waals surface area contributed by atoms with Gasteiger partial charge in [-0.05, 0) is 61.7 Å². The molecule has 3 aromatic rings. The number of rotatable bonds is 4. The largest absolute Gasteiger partial charge is 0.493 e. The monoisotopic (exact) mass is 361 g/mol. The minimum absolute atomic E-state index is 0.532. The fraction of sp³-hybridized carbons (Fsp3) is 0.318. The van der Waals surface area contributed by atoms with E-state index >= 15 is 0 Å². The van der Waals surface area contributed by atoms with Gasteiger partial charge in [0.25, 0.3) is 0 Å². The third-order valence-electron chi connectivity index (χ3n) is 5.45. The second-order valence-corrected chi connectivity index (χ2v) is 7.24. The lowest BCUT2D eigenvalue weighted by atomic mass is 9.95. The van der Waals surface area contributed by atoms with Crippen LogP contribution in [0.25, 0.3) is 10.9 Å². The molecule has 5 nitrogen and oxygen atoms in total. The Balaban J connectivity index is 1.81. The minimum Gasteiger partial charge on any atom is -0.493 e. The molecule has 0 fully saturated rings. The third-order valence-corrected chi connectivity index (χ3v) is 5.45. The van der Waals surface area contributed by atoms with Crippen LogP contribution in [-0.2, 0) is 18.8 Å². The minimum atomic E-state index is -1.22. The lowest BCUT2D eigenvalue weighted by Crippen LogP contribution is -2.40. The highest BCUT2D eigenvalue weighted by Crippen LogP contribution is 2.43. The first-order chi connectivity index (χ1) is 13.0. The summed E-state index contributed by atoms with van der Waals surface area (Å²) in [5.41, 5.74) is 4.53. The molecule has 0 saturated heterocycles. The first-order valence-electron chi connectivity index (χ1n) is 9.19. The summed E-state index contributed by atoms with van der Waals surface area (Å²) in [4.78, 5) is 5.30. The van der Waals surface area contributed by atoms with E-state index in [9.17, 15) is 5.11 Å². The number of nitrogens with zero attached hydrogens (tertiary/aromatic N) is 2. The van der Waals surface area contributed by atoms with Crippen LogP contribution in [0.5, 0.6) is 5.75 Å². The molecule has 1 aliphatic heterocycles. The molecule has 1 aromatic heterocycles. The lowest BCUT2D eigenvalue weighted by Gasteiger charge is -2.36. The van der Waals surface area contributed by atoms with Crippen LogP contribution in [-0.4, -0.2) is 21.6 Å². The van der Waals surface area contributed by atoms with Gasteiger partial charge in [-0.3, -0.25) is 4.90 Å². The predicted octanol–water partition coefficient (Wildman–Crippen LogP) is 3.93. The fourth-order valence-electron chi connectivity index (χ4n) is 4.07. The Hall–Kier alpha value is -2.81. The maximum Gasteiger partial charge on any atom is 0.146 e. The number of nitrogens with one attached hydrogen (secondary N) is 1. The molecule has 1 aliphatic rings. The number of ether oxygens (including phenoxy) is 1. The molecule has 0 amide bonds. The number of aromatic nitrogens is 1. The van der Waals surface area contributed by atoms with E-state index in [2.05, 4.69) is 11.1 Å². The maximum absolute atomic E-state index is 11.7. The van der Waals surface area contributed by atoms with Crippen molar-refractivity contribution in [1.82, 2.24) is 9.88 Å². The van der Waals surface area contributed by atoms with E-state index in [1.165, 1.54) is 0 Å². The lowest BCUT2D eigenvalue weighted by molar-refractivity contribution is -0.105. The number of aryl methyl sites for hydroxylation is 1. The molecule has 5 heteroatoms. The van der Waals surface area contributed by atoms with Gasteiger partial charge in [-0.25, -0.2) is 0 Å². The molecule has 0 radical (unpaired) electrons. The Morgan fingerprint density at radius 1 is 1.26 bits per heavy atom. The van der Waals surface area contributed by atoms with E-state index < -0.39 is 5.72 Å². The van der Waals surface area contributed by atoms with Gasteiger partial charge in [-0.15, -0.1) is 0 Å². The van der Waals surface area contributed by atoms with Crippen molar-refractivity contribution >= 4 is 10.9 Å². The number of H-pyrrole nitrogens is 1. The number of aromatic amines is 1. The summed E-state index contributed by atoms with van der Waals surface area (Å²) in [6.45, 7) is 7.55. The van der Waals surface area contributed by atoms with Crippen LogP contribution < -0.4 is 4.74 Å². The van der Waals surface area contributed by atoms with Gasteiger partial charge in [0.05, 0.1) is 18.2 Å². The Morgan fingerprint density at radius 3 is 2.78 bits per heavy atom. The van der Waals surface area contributed by atoms with E-state index in [0.717, 1.165) is 33.2 Å². The highest BCUT2D eigenvalue weighted by Gasteiger charge is 2.39. The van der Waals surface area contributed by atoms with Gasteiger partial charge in [0.1, 0.15) is 11.5 Å². The highest BCUT2D eigenvalue weighted by molar-refractivity contribution is 5.89. The molecule has 0 spiro atoms. The highest BCUT2D eigenvalue weighted by atomic mass is 16.5. The van der Waals surface area contributed by atoms with Crippen LogP contribution in [0.4, 0.5) is 0 Å². The maximum atomic E-state index is 11.7. The number of hydrogen-bond donors (Lipinski definition) is 2. The first kappa shape index (κ1) is 17.6. The molecule has 138 valence electrons. The smallest absolute Gasteiger partial charge is 0.146 e. The fourth-order valence-corrected chi connectivity index (χ4v) is 4.07. The SMILES string of the molecule is CCOc1cc(C)c2[nH]ccc2c1C(C)(O)N1Cc2ccc(C#N)cc2C1. The molecule has 0 bridgehead atoms. The van der Waals surface area contributed by atoms with Gasteiger partial charge in [0.15, 0.2) is 0 Å². The normalized spacial score (nSPS) is 16.1. The average molecular weight is 361 g/mol. The summed E-state index contributed by atoms with van der Waals surface area (Å²) < 4.78 is 5.91. The Bertz CT molecular complexity index is 1060. The summed E-state index contributed by atoms with van der Waals surface area (Å²) in [5, 5.41) is 21.8. The number of aliphatic hydroxyl groups is 1. The van der Waals surface area contributed by atoms with Crippen molar-refractivity contribution in [3.63, 3.8) is 0 Å². The Labute approximate surface area is 158 Å². The summed E-state index contributed by atoms with van der Waals surface area (Å²) in [6, 6.07) is 11.9. The molecule has 1 atom stereocenters. The van der Waals surface area contributed by atoms with E-state index in [0.29, 0.717) is 31.0 Å². The van der Waals surface area contributed by atoms with Crippen molar-refractivity contribution < 1.29 is 9.84 Å². The van der Waals surface area contributed by atoms with Crippen LogP contribution in [0.1, 0.15) is 41.7 Å². The molecule has 0 saturated carbocycles. The quantitative estimate of drug-likeness (QED) is 0.739. The van der Waals surface area contributed by atoms with E-state index in [4.69, 9.17) is 10.00 Å². The molecule has 0 aliphatic carbocycles. The van der Waals surface area contributed by atoms with Crippen molar-refractivity contribution in [3.05, 3.63) is 64.3 Å². The zero-order chi connectivity index (χ0) is 19.2. The molecule has 4 rings (SSSR count). The van der Waals surface area contributed by atoms with Crippen LogP contribution >= 0.6 is 0 Å². The van der Waals surface area contributed by atoms with Crippen LogP contribution in [0.3, 0.4) is 0 Å². The van der Waals surface area contributed by atoms with Crippen LogP contribution in [0, 0.1) is 18.3 Å². The number of nitriles is 1. The van der Waals surface area contributed by atoms with Crippen molar-refractivity contribution in [1.29, 1.82) is 5.26 Å². The average Bonchev–Trinajstić information content (AvgIpc) is 3.28. The molecular formula is C22H23N3O2. The molecule has 27 heavy (non-hydrogen) atoms. The predicted molar refractivity (Wildman–Crippen MR) is 104 cm³/mol. The van der Waals surface area contributed by atoms with Gasteiger partial charge in [-0.2, -0.15) is 5.26 Å². The third kappa shape index (κ3) is 2.78. The van der Waals surface area contributed by atoms with Crippen molar-refractivity contribution in [2.24, 2.45) is 0 Å². The zero-order valence-corrected chi connectivity index (χ0v) is 15.8. The molecule has 1 unspecified atom stereocenters. The number of fused-ring (bicyclic) bond motifs is 2. The van der Waals surface area contributed by atoms with Crippen LogP contribution in [0.2, 0.25) is 0 Å². The van der Waals surface area contributed by atoms with Crippen molar-refractivity contribution in [2.75, 3.05) is 6.61 Å².